The van der Waals surface area contributed by atoms with E-state index in [1.807, 2.05) is 24.3 Å². The molecule has 0 aliphatic heterocycles. The van der Waals surface area contributed by atoms with E-state index >= 15 is 0 Å². The lowest BCUT2D eigenvalue weighted by Gasteiger charge is -2.06. The summed E-state index contributed by atoms with van der Waals surface area (Å²) in [6.45, 7) is 2.11. The predicted octanol–water partition coefficient (Wildman–Crippen LogP) is 3.20. The Balaban J connectivity index is 1.78. The first kappa shape index (κ1) is 16.6. The number of pyridine rings is 2. The molecule has 5 heteroatoms. The molecular weight excluding hydrogens is 316 g/mol. The molecule has 3 aromatic rings. The number of esters is 1. The Morgan fingerprint density at radius 2 is 1.92 bits per heavy atom. The van der Waals surface area contributed by atoms with Crippen molar-refractivity contribution in [1.82, 2.24) is 9.97 Å². The lowest BCUT2D eigenvalue weighted by molar-refractivity contribution is 0.0525. The molecule has 0 bridgehead atoms. The van der Waals surface area contributed by atoms with Crippen molar-refractivity contribution in [2.75, 3.05) is 6.61 Å². The third-order valence-electron chi connectivity index (χ3n) is 3.80. The normalized spacial score (nSPS) is 10.4. The third kappa shape index (κ3) is 4.01. The van der Waals surface area contributed by atoms with Crippen molar-refractivity contribution in [2.24, 2.45) is 0 Å². The van der Waals surface area contributed by atoms with Gasteiger partial charge in [0.05, 0.1) is 12.2 Å². The molecular formula is C20H18N2O3. The van der Waals surface area contributed by atoms with Gasteiger partial charge in [0.25, 0.3) is 5.56 Å². The number of hydrogen-bond acceptors (Lipinski definition) is 4. The van der Waals surface area contributed by atoms with E-state index in [0.717, 1.165) is 16.7 Å². The maximum atomic E-state index is 11.8. The van der Waals surface area contributed by atoms with Crippen LogP contribution in [0, 0.1) is 0 Å². The molecule has 0 atom stereocenters. The van der Waals surface area contributed by atoms with E-state index in [1.54, 1.807) is 37.5 Å². The lowest BCUT2D eigenvalue weighted by atomic mass is 10.0. The highest BCUT2D eigenvalue weighted by Gasteiger charge is 2.08. The molecule has 1 aromatic carbocycles. The van der Waals surface area contributed by atoms with Crippen molar-refractivity contribution >= 4 is 5.97 Å². The average molecular weight is 334 g/mol. The number of nitrogens with zero attached hydrogens (tertiary/aromatic N) is 1. The van der Waals surface area contributed by atoms with Crippen molar-refractivity contribution in [3.05, 3.63) is 88.1 Å². The van der Waals surface area contributed by atoms with Gasteiger partial charge in [-0.15, -0.1) is 0 Å². The number of ether oxygens (including phenoxy) is 1. The summed E-state index contributed by atoms with van der Waals surface area (Å²) in [4.78, 5) is 30.4. The smallest absolute Gasteiger partial charge is 0.339 e. The fourth-order valence-corrected chi connectivity index (χ4v) is 2.60. The second-order valence-electron chi connectivity index (χ2n) is 5.59. The number of hydrogen-bond donors (Lipinski definition) is 1. The standard InChI is InChI=1S/C20H18N2O3/c1-2-25-20(24)17-11-15(12-21-13-17)10-14-5-7-16(8-6-14)18-4-3-9-22-19(18)23/h3-9,11-13H,2,10H2,1H3,(H,22,23). The van der Waals surface area contributed by atoms with Crippen molar-refractivity contribution in [2.45, 2.75) is 13.3 Å². The minimum atomic E-state index is -0.365. The zero-order valence-electron chi connectivity index (χ0n) is 13.9. The summed E-state index contributed by atoms with van der Waals surface area (Å²) in [5.74, 6) is -0.365. The Labute approximate surface area is 145 Å². The van der Waals surface area contributed by atoms with E-state index in [9.17, 15) is 9.59 Å². The monoisotopic (exact) mass is 334 g/mol. The first-order chi connectivity index (χ1) is 12.2. The first-order valence-corrected chi connectivity index (χ1v) is 8.05. The topological polar surface area (TPSA) is 72.0 Å². The van der Waals surface area contributed by atoms with Crippen LogP contribution >= 0.6 is 0 Å². The molecule has 2 aromatic heterocycles. The summed E-state index contributed by atoms with van der Waals surface area (Å²) < 4.78 is 5.00. The van der Waals surface area contributed by atoms with E-state index < -0.39 is 0 Å². The van der Waals surface area contributed by atoms with Gasteiger partial charge in [-0.25, -0.2) is 4.79 Å². The molecule has 0 radical (unpaired) electrons. The second kappa shape index (κ2) is 7.57. The summed E-state index contributed by atoms with van der Waals surface area (Å²) in [7, 11) is 0. The molecule has 0 aliphatic rings. The van der Waals surface area contributed by atoms with Gasteiger partial charge < -0.3 is 9.72 Å². The van der Waals surface area contributed by atoms with Crippen LogP contribution in [0.2, 0.25) is 0 Å². The molecule has 0 unspecified atom stereocenters. The van der Waals surface area contributed by atoms with Crippen molar-refractivity contribution in [3.8, 4) is 11.1 Å². The molecule has 5 nitrogen and oxygen atoms in total. The minimum Gasteiger partial charge on any atom is -0.462 e. The van der Waals surface area contributed by atoms with Gasteiger partial charge in [-0.2, -0.15) is 0 Å². The summed E-state index contributed by atoms with van der Waals surface area (Å²) in [6, 6.07) is 13.2. The van der Waals surface area contributed by atoms with Crippen LogP contribution in [0.5, 0.6) is 0 Å². The first-order valence-electron chi connectivity index (χ1n) is 8.05. The molecule has 0 saturated carbocycles. The van der Waals surface area contributed by atoms with Crippen LogP contribution in [0.15, 0.2) is 65.8 Å². The lowest BCUT2D eigenvalue weighted by Crippen LogP contribution is -2.07. The Bertz CT molecular complexity index is 930. The Kier molecular flexibility index (Phi) is 5.04. The Morgan fingerprint density at radius 3 is 2.64 bits per heavy atom. The number of carbonyl (C=O) groups excluding carboxylic acids is 1. The fraction of sp³-hybridized carbons (Fsp3) is 0.150. The second-order valence-corrected chi connectivity index (χ2v) is 5.59. The number of carbonyl (C=O) groups is 1. The largest absolute Gasteiger partial charge is 0.462 e. The Hall–Kier alpha value is -3.21. The molecule has 0 saturated heterocycles. The highest BCUT2D eigenvalue weighted by Crippen LogP contribution is 2.18. The number of H-pyrrole nitrogens is 1. The van der Waals surface area contributed by atoms with Gasteiger partial charge in [0.1, 0.15) is 0 Å². The van der Waals surface area contributed by atoms with Crippen LogP contribution in [0.4, 0.5) is 0 Å². The molecule has 126 valence electrons. The van der Waals surface area contributed by atoms with Gasteiger partial charge in [0.2, 0.25) is 0 Å². The Morgan fingerprint density at radius 1 is 1.12 bits per heavy atom. The summed E-state index contributed by atoms with van der Waals surface area (Å²) in [6.07, 6.45) is 5.50. The zero-order chi connectivity index (χ0) is 17.6. The fourth-order valence-electron chi connectivity index (χ4n) is 2.60. The van der Waals surface area contributed by atoms with Crippen LogP contribution < -0.4 is 5.56 Å². The zero-order valence-corrected chi connectivity index (χ0v) is 13.9. The number of aromatic nitrogens is 2. The average Bonchev–Trinajstić information content (AvgIpc) is 2.63. The van der Waals surface area contributed by atoms with Crippen LogP contribution in [0.1, 0.15) is 28.4 Å². The molecule has 2 heterocycles. The molecule has 0 fully saturated rings. The van der Waals surface area contributed by atoms with Crippen molar-refractivity contribution in [3.63, 3.8) is 0 Å². The molecule has 25 heavy (non-hydrogen) atoms. The molecule has 0 aliphatic carbocycles. The van der Waals surface area contributed by atoms with E-state index in [-0.39, 0.29) is 11.5 Å². The predicted molar refractivity (Wildman–Crippen MR) is 95.5 cm³/mol. The molecule has 0 spiro atoms. The minimum absolute atomic E-state index is 0.110. The molecule has 1 N–H and O–H groups in total. The maximum Gasteiger partial charge on any atom is 0.339 e. The van der Waals surface area contributed by atoms with Gasteiger partial charge >= 0.3 is 5.97 Å². The van der Waals surface area contributed by atoms with Gasteiger partial charge in [0.15, 0.2) is 0 Å². The number of nitrogens with one attached hydrogen (secondary N) is 1. The summed E-state index contributed by atoms with van der Waals surface area (Å²) >= 11 is 0. The van der Waals surface area contributed by atoms with E-state index in [1.165, 1.54) is 6.20 Å². The van der Waals surface area contributed by atoms with Crippen LogP contribution in [0.25, 0.3) is 11.1 Å². The quantitative estimate of drug-likeness (QED) is 0.727. The molecule has 3 rings (SSSR count). The highest BCUT2D eigenvalue weighted by molar-refractivity contribution is 5.89. The number of benzene rings is 1. The van der Waals surface area contributed by atoms with Crippen LogP contribution in [-0.2, 0) is 11.2 Å². The van der Waals surface area contributed by atoms with Gasteiger partial charge in [-0.3, -0.25) is 9.78 Å². The number of aromatic amines is 1. The number of rotatable bonds is 5. The highest BCUT2D eigenvalue weighted by atomic mass is 16.5. The van der Waals surface area contributed by atoms with E-state index in [2.05, 4.69) is 9.97 Å². The maximum absolute atomic E-state index is 11.8. The van der Waals surface area contributed by atoms with Crippen molar-refractivity contribution in [1.29, 1.82) is 0 Å². The van der Waals surface area contributed by atoms with Gasteiger partial charge in [-0.05, 0) is 48.2 Å². The molecule has 0 amide bonds. The van der Waals surface area contributed by atoms with E-state index in [4.69, 9.17) is 4.74 Å². The SMILES string of the molecule is CCOC(=O)c1cncc(Cc2ccc(-c3ccc[nH]c3=O)cc2)c1. The van der Waals surface area contributed by atoms with Gasteiger partial charge in [0, 0.05) is 24.2 Å². The van der Waals surface area contributed by atoms with E-state index in [0.29, 0.717) is 24.2 Å². The van der Waals surface area contributed by atoms with Crippen LogP contribution in [0.3, 0.4) is 0 Å². The summed E-state index contributed by atoms with van der Waals surface area (Å²) in [5, 5.41) is 0. The third-order valence-corrected chi connectivity index (χ3v) is 3.80. The van der Waals surface area contributed by atoms with Crippen molar-refractivity contribution < 1.29 is 9.53 Å². The summed E-state index contributed by atoms with van der Waals surface area (Å²) in [5.41, 5.74) is 3.84. The van der Waals surface area contributed by atoms with Gasteiger partial charge in [-0.1, -0.05) is 24.3 Å². The van der Waals surface area contributed by atoms with Crippen LogP contribution in [-0.4, -0.2) is 22.5 Å².